The number of nitrogens with zero attached hydrogens (tertiary/aromatic N) is 4. The van der Waals surface area contributed by atoms with Crippen molar-refractivity contribution in [1.29, 1.82) is 0 Å². The molecule has 0 amide bonds. The van der Waals surface area contributed by atoms with Gasteiger partial charge < -0.3 is 4.52 Å². The zero-order chi connectivity index (χ0) is 11.6. The molecule has 5 nitrogen and oxygen atoms in total. The van der Waals surface area contributed by atoms with Gasteiger partial charge in [-0.3, -0.25) is 9.80 Å². The van der Waals surface area contributed by atoms with E-state index >= 15 is 0 Å². The Hall–Kier alpha value is -0.940. The number of aromatic nitrogens is 2. The molecule has 0 saturated carbocycles. The Kier molecular flexibility index (Phi) is 3.25. The fourth-order valence-corrected chi connectivity index (χ4v) is 2.03. The number of piperazine rings is 1. The molecule has 1 aliphatic rings. The minimum Gasteiger partial charge on any atom is -0.338 e. The molecule has 0 atom stereocenters. The third-order valence-electron chi connectivity index (χ3n) is 3.09. The van der Waals surface area contributed by atoms with E-state index in [1.807, 2.05) is 0 Å². The van der Waals surface area contributed by atoms with Gasteiger partial charge in [0.15, 0.2) is 6.33 Å². The number of hydrogen-bond acceptors (Lipinski definition) is 5. The Morgan fingerprint density at radius 2 is 1.94 bits per heavy atom. The largest absolute Gasteiger partial charge is 0.338 e. The van der Waals surface area contributed by atoms with Gasteiger partial charge in [-0.05, 0) is 20.8 Å². The monoisotopic (exact) mass is 224 g/mol. The lowest BCUT2D eigenvalue weighted by molar-refractivity contribution is 0.0546. The summed E-state index contributed by atoms with van der Waals surface area (Å²) in [7, 11) is 0. The van der Waals surface area contributed by atoms with Crippen molar-refractivity contribution >= 4 is 0 Å². The van der Waals surface area contributed by atoms with Crippen molar-refractivity contribution < 1.29 is 4.52 Å². The highest BCUT2D eigenvalue weighted by Crippen LogP contribution is 2.16. The van der Waals surface area contributed by atoms with Crippen LogP contribution in [0.2, 0.25) is 0 Å². The molecule has 0 aromatic carbocycles. The van der Waals surface area contributed by atoms with Crippen LogP contribution >= 0.6 is 0 Å². The average Bonchev–Trinajstić information content (AvgIpc) is 2.70. The molecule has 1 aromatic rings. The third kappa shape index (κ3) is 2.80. The molecule has 1 aromatic heterocycles. The summed E-state index contributed by atoms with van der Waals surface area (Å²) < 4.78 is 5.01. The standard InChI is InChI=1S/C11H20N4O/c1-11(2,3)15-6-4-14(5-7-15)8-10-12-9-13-16-10/h9H,4-8H2,1-3H3. The topological polar surface area (TPSA) is 45.4 Å². The molecule has 2 heterocycles. The lowest BCUT2D eigenvalue weighted by Crippen LogP contribution is -2.53. The maximum Gasteiger partial charge on any atom is 0.240 e. The molecule has 1 saturated heterocycles. The van der Waals surface area contributed by atoms with Crippen LogP contribution < -0.4 is 0 Å². The zero-order valence-electron chi connectivity index (χ0n) is 10.3. The smallest absolute Gasteiger partial charge is 0.240 e. The Labute approximate surface area is 96.4 Å². The Balaban J connectivity index is 1.82. The van der Waals surface area contributed by atoms with E-state index in [0.717, 1.165) is 32.7 Å². The van der Waals surface area contributed by atoms with Gasteiger partial charge in [0, 0.05) is 31.7 Å². The van der Waals surface area contributed by atoms with E-state index in [1.165, 1.54) is 6.33 Å². The summed E-state index contributed by atoms with van der Waals surface area (Å²) in [5, 5.41) is 3.62. The Morgan fingerprint density at radius 1 is 1.25 bits per heavy atom. The fraction of sp³-hybridized carbons (Fsp3) is 0.818. The number of hydrogen-bond donors (Lipinski definition) is 0. The van der Waals surface area contributed by atoms with Crippen LogP contribution in [0.5, 0.6) is 0 Å². The molecule has 1 fully saturated rings. The van der Waals surface area contributed by atoms with Crippen LogP contribution in [0.15, 0.2) is 10.9 Å². The van der Waals surface area contributed by atoms with Crippen LogP contribution in [0.4, 0.5) is 0 Å². The van der Waals surface area contributed by atoms with Gasteiger partial charge in [-0.2, -0.15) is 4.98 Å². The van der Waals surface area contributed by atoms with Gasteiger partial charge in [0.1, 0.15) is 0 Å². The van der Waals surface area contributed by atoms with Crippen molar-refractivity contribution in [3.63, 3.8) is 0 Å². The van der Waals surface area contributed by atoms with Crippen molar-refractivity contribution in [2.45, 2.75) is 32.9 Å². The molecule has 0 radical (unpaired) electrons. The second kappa shape index (κ2) is 4.51. The normalized spacial score (nSPS) is 20.2. The van der Waals surface area contributed by atoms with Gasteiger partial charge in [0.25, 0.3) is 0 Å². The van der Waals surface area contributed by atoms with E-state index in [2.05, 4.69) is 40.7 Å². The molecule has 0 unspecified atom stereocenters. The quantitative estimate of drug-likeness (QED) is 0.749. The minimum atomic E-state index is 0.274. The highest BCUT2D eigenvalue weighted by atomic mass is 16.5. The third-order valence-corrected chi connectivity index (χ3v) is 3.09. The van der Waals surface area contributed by atoms with E-state index in [-0.39, 0.29) is 5.54 Å². The van der Waals surface area contributed by atoms with Crippen molar-refractivity contribution in [2.75, 3.05) is 26.2 Å². The number of rotatable bonds is 2. The van der Waals surface area contributed by atoms with Gasteiger partial charge in [0.05, 0.1) is 6.54 Å². The van der Waals surface area contributed by atoms with Crippen LogP contribution in [-0.2, 0) is 6.54 Å². The first-order valence-corrected chi connectivity index (χ1v) is 5.79. The summed E-state index contributed by atoms with van der Waals surface area (Å²) in [5.41, 5.74) is 0.274. The summed E-state index contributed by atoms with van der Waals surface area (Å²) in [6.45, 7) is 11.9. The molecule has 2 rings (SSSR count). The molecule has 0 spiro atoms. The molecule has 0 bridgehead atoms. The van der Waals surface area contributed by atoms with Crippen molar-refractivity contribution in [3.05, 3.63) is 12.2 Å². The van der Waals surface area contributed by atoms with Gasteiger partial charge in [-0.15, -0.1) is 0 Å². The second-order valence-corrected chi connectivity index (χ2v) is 5.27. The first-order valence-electron chi connectivity index (χ1n) is 5.79. The molecular formula is C11H20N4O. The SMILES string of the molecule is CC(C)(C)N1CCN(Cc2ncno2)CC1. The molecule has 1 aliphatic heterocycles. The fourth-order valence-electron chi connectivity index (χ4n) is 2.03. The second-order valence-electron chi connectivity index (χ2n) is 5.27. The van der Waals surface area contributed by atoms with Crippen LogP contribution in [0.25, 0.3) is 0 Å². The Morgan fingerprint density at radius 3 is 2.44 bits per heavy atom. The van der Waals surface area contributed by atoms with E-state index in [4.69, 9.17) is 4.52 Å². The maximum absolute atomic E-state index is 5.01. The molecule has 0 aliphatic carbocycles. The highest BCUT2D eigenvalue weighted by Gasteiger charge is 2.26. The van der Waals surface area contributed by atoms with Gasteiger partial charge in [-0.25, -0.2) is 0 Å². The molecule has 16 heavy (non-hydrogen) atoms. The molecule has 0 N–H and O–H groups in total. The lowest BCUT2D eigenvalue weighted by atomic mass is 10.1. The molecular weight excluding hydrogens is 204 g/mol. The summed E-state index contributed by atoms with van der Waals surface area (Å²) in [6.07, 6.45) is 1.46. The van der Waals surface area contributed by atoms with E-state index in [0.29, 0.717) is 5.89 Å². The van der Waals surface area contributed by atoms with Crippen LogP contribution in [0.3, 0.4) is 0 Å². The summed E-state index contributed by atoms with van der Waals surface area (Å²) in [5.74, 6) is 0.712. The first-order chi connectivity index (χ1) is 7.55. The van der Waals surface area contributed by atoms with Crippen LogP contribution in [0, 0.1) is 0 Å². The van der Waals surface area contributed by atoms with Gasteiger partial charge in [0.2, 0.25) is 5.89 Å². The zero-order valence-corrected chi connectivity index (χ0v) is 10.3. The summed E-state index contributed by atoms with van der Waals surface area (Å²) in [6, 6.07) is 0. The maximum atomic E-state index is 5.01. The molecule has 90 valence electrons. The summed E-state index contributed by atoms with van der Waals surface area (Å²) >= 11 is 0. The van der Waals surface area contributed by atoms with Crippen molar-refractivity contribution in [1.82, 2.24) is 19.9 Å². The van der Waals surface area contributed by atoms with Crippen LogP contribution in [0.1, 0.15) is 26.7 Å². The lowest BCUT2D eigenvalue weighted by Gasteiger charge is -2.41. The highest BCUT2D eigenvalue weighted by molar-refractivity contribution is 4.84. The van der Waals surface area contributed by atoms with E-state index in [1.54, 1.807) is 0 Å². The first kappa shape index (κ1) is 11.5. The predicted molar refractivity (Wildman–Crippen MR) is 60.9 cm³/mol. The van der Waals surface area contributed by atoms with E-state index in [9.17, 15) is 0 Å². The minimum absolute atomic E-state index is 0.274. The van der Waals surface area contributed by atoms with Crippen LogP contribution in [-0.4, -0.2) is 51.7 Å². The Bertz CT molecular complexity index is 309. The van der Waals surface area contributed by atoms with Gasteiger partial charge in [-0.1, -0.05) is 5.16 Å². The predicted octanol–water partition coefficient (Wildman–Crippen LogP) is 0.986. The van der Waals surface area contributed by atoms with Crippen molar-refractivity contribution in [3.8, 4) is 0 Å². The average molecular weight is 224 g/mol. The van der Waals surface area contributed by atoms with E-state index < -0.39 is 0 Å². The summed E-state index contributed by atoms with van der Waals surface area (Å²) in [4.78, 5) is 8.91. The van der Waals surface area contributed by atoms with Gasteiger partial charge >= 0.3 is 0 Å². The van der Waals surface area contributed by atoms with Crippen molar-refractivity contribution in [2.24, 2.45) is 0 Å². The molecule has 5 heteroatoms.